The lowest BCUT2D eigenvalue weighted by Crippen LogP contribution is -2.50. The molecule has 1 saturated heterocycles. The predicted octanol–water partition coefficient (Wildman–Crippen LogP) is 6.34. The van der Waals surface area contributed by atoms with E-state index in [1.807, 2.05) is 91.5 Å². The van der Waals surface area contributed by atoms with Crippen molar-refractivity contribution in [2.24, 2.45) is 0 Å². The molecule has 6 nitrogen and oxygen atoms in total. The standard InChI is InChI=1S/C27H30N4O2/c1-19-10-13-23(14-11-19)28-26(32)29-24-18-20(2)12-15-25(24)31-17-7-16-30(27(31)33)21(3)22-8-5-4-6-9-22/h4-6,8-15,18,21H,7,16-17H2,1-3H3,(H2,28,29,32). The van der Waals surface area contributed by atoms with Gasteiger partial charge in [0, 0.05) is 18.8 Å². The third-order valence-corrected chi connectivity index (χ3v) is 6.01. The van der Waals surface area contributed by atoms with E-state index in [1.165, 1.54) is 0 Å². The lowest BCUT2D eigenvalue weighted by molar-refractivity contribution is 0.175. The van der Waals surface area contributed by atoms with Crippen LogP contribution in [0.25, 0.3) is 0 Å². The highest BCUT2D eigenvalue weighted by Crippen LogP contribution is 2.32. The van der Waals surface area contributed by atoms with Crippen molar-refractivity contribution in [1.82, 2.24) is 4.90 Å². The molecule has 1 atom stereocenters. The Morgan fingerprint density at radius 1 is 0.879 bits per heavy atom. The molecule has 3 aromatic carbocycles. The summed E-state index contributed by atoms with van der Waals surface area (Å²) in [7, 11) is 0. The summed E-state index contributed by atoms with van der Waals surface area (Å²) in [6, 6.07) is 23.0. The summed E-state index contributed by atoms with van der Waals surface area (Å²) in [6.07, 6.45) is 0.853. The molecule has 1 aliphatic heterocycles. The molecule has 6 heteroatoms. The molecule has 0 saturated carbocycles. The number of benzene rings is 3. The van der Waals surface area contributed by atoms with Crippen LogP contribution in [0.4, 0.5) is 26.7 Å². The van der Waals surface area contributed by atoms with Gasteiger partial charge in [0.1, 0.15) is 0 Å². The number of carbonyl (C=O) groups is 2. The second-order valence-corrected chi connectivity index (χ2v) is 8.53. The zero-order chi connectivity index (χ0) is 23.4. The maximum Gasteiger partial charge on any atom is 0.325 e. The van der Waals surface area contributed by atoms with Gasteiger partial charge in [-0.05, 0) is 62.6 Å². The van der Waals surface area contributed by atoms with E-state index in [1.54, 1.807) is 4.90 Å². The smallest absolute Gasteiger partial charge is 0.318 e. The number of carbonyl (C=O) groups excluding carboxylic acids is 2. The largest absolute Gasteiger partial charge is 0.325 e. The Hall–Kier alpha value is -3.80. The number of hydrogen-bond donors (Lipinski definition) is 2. The van der Waals surface area contributed by atoms with Gasteiger partial charge < -0.3 is 15.5 Å². The second-order valence-electron chi connectivity index (χ2n) is 8.53. The van der Waals surface area contributed by atoms with Crippen LogP contribution in [0.15, 0.2) is 72.8 Å². The summed E-state index contributed by atoms with van der Waals surface area (Å²) >= 11 is 0. The highest BCUT2D eigenvalue weighted by Gasteiger charge is 2.32. The fraction of sp³-hybridized carbons (Fsp3) is 0.259. The van der Waals surface area contributed by atoms with Crippen molar-refractivity contribution in [3.05, 3.63) is 89.5 Å². The summed E-state index contributed by atoms with van der Waals surface area (Å²) in [4.78, 5) is 29.9. The van der Waals surface area contributed by atoms with Gasteiger partial charge in [-0.15, -0.1) is 0 Å². The fourth-order valence-electron chi connectivity index (χ4n) is 4.15. The number of amides is 4. The van der Waals surface area contributed by atoms with Gasteiger partial charge in [-0.2, -0.15) is 0 Å². The molecule has 2 N–H and O–H groups in total. The van der Waals surface area contributed by atoms with Crippen LogP contribution in [-0.2, 0) is 0 Å². The van der Waals surface area contributed by atoms with Gasteiger partial charge in [-0.1, -0.05) is 54.1 Å². The molecule has 0 aromatic heterocycles. The molecule has 170 valence electrons. The molecule has 1 heterocycles. The van der Waals surface area contributed by atoms with Gasteiger partial charge in [0.05, 0.1) is 17.4 Å². The van der Waals surface area contributed by atoms with Gasteiger partial charge in [0.25, 0.3) is 0 Å². The molecule has 4 amide bonds. The van der Waals surface area contributed by atoms with Crippen LogP contribution in [-0.4, -0.2) is 30.1 Å². The highest BCUT2D eigenvalue weighted by atomic mass is 16.2. The number of rotatable bonds is 5. The molecule has 33 heavy (non-hydrogen) atoms. The lowest BCUT2D eigenvalue weighted by atomic mass is 10.1. The lowest BCUT2D eigenvalue weighted by Gasteiger charge is -2.39. The molecule has 1 fully saturated rings. The first-order valence-corrected chi connectivity index (χ1v) is 11.3. The first-order chi connectivity index (χ1) is 15.9. The monoisotopic (exact) mass is 442 g/mol. The summed E-state index contributed by atoms with van der Waals surface area (Å²) in [6.45, 7) is 7.33. The molecule has 1 unspecified atom stereocenters. The summed E-state index contributed by atoms with van der Waals surface area (Å²) < 4.78 is 0. The van der Waals surface area contributed by atoms with Crippen molar-refractivity contribution in [1.29, 1.82) is 0 Å². The second kappa shape index (κ2) is 9.77. The average molecular weight is 443 g/mol. The molecule has 3 aromatic rings. The summed E-state index contributed by atoms with van der Waals surface area (Å²) in [5, 5.41) is 5.81. The molecule has 4 rings (SSSR count). The van der Waals surface area contributed by atoms with Crippen LogP contribution >= 0.6 is 0 Å². The number of hydrogen-bond acceptors (Lipinski definition) is 2. The van der Waals surface area contributed by atoms with Crippen LogP contribution in [0.2, 0.25) is 0 Å². The van der Waals surface area contributed by atoms with Crippen molar-refractivity contribution in [2.45, 2.75) is 33.2 Å². The van der Waals surface area contributed by atoms with E-state index in [-0.39, 0.29) is 18.1 Å². The number of urea groups is 2. The normalized spacial score (nSPS) is 14.7. The number of anilines is 3. The zero-order valence-corrected chi connectivity index (χ0v) is 19.3. The minimum Gasteiger partial charge on any atom is -0.318 e. The van der Waals surface area contributed by atoms with E-state index in [0.717, 1.165) is 23.1 Å². The first-order valence-electron chi connectivity index (χ1n) is 11.3. The Morgan fingerprint density at radius 3 is 2.30 bits per heavy atom. The Kier molecular flexibility index (Phi) is 6.63. The van der Waals surface area contributed by atoms with Crippen LogP contribution in [0, 0.1) is 13.8 Å². The van der Waals surface area contributed by atoms with E-state index in [0.29, 0.717) is 30.2 Å². The zero-order valence-electron chi connectivity index (χ0n) is 19.3. The van der Waals surface area contributed by atoms with Crippen molar-refractivity contribution in [2.75, 3.05) is 28.6 Å². The third-order valence-electron chi connectivity index (χ3n) is 6.01. The number of nitrogens with zero attached hydrogens (tertiary/aromatic N) is 2. The molecular weight excluding hydrogens is 412 g/mol. The maximum absolute atomic E-state index is 13.5. The molecule has 1 aliphatic rings. The van der Waals surface area contributed by atoms with E-state index >= 15 is 0 Å². The van der Waals surface area contributed by atoms with Crippen molar-refractivity contribution < 1.29 is 9.59 Å². The first kappa shape index (κ1) is 22.4. The SMILES string of the molecule is Cc1ccc(NC(=O)Nc2cc(C)ccc2N2CCCN(C(C)c3ccccc3)C2=O)cc1. The minimum absolute atomic E-state index is 0.0341. The Labute approximate surface area is 195 Å². The Balaban J connectivity index is 1.55. The van der Waals surface area contributed by atoms with E-state index < -0.39 is 0 Å². The molecule has 0 radical (unpaired) electrons. The Morgan fingerprint density at radius 2 is 1.58 bits per heavy atom. The van der Waals surface area contributed by atoms with Crippen molar-refractivity contribution >= 4 is 29.1 Å². The van der Waals surface area contributed by atoms with Gasteiger partial charge >= 0.3 is 12.1 Å². The van der Waals surface area contributed by atoms with Gasteiger partial charge in [0.2, 0.25) is 0 Å². The van der Waals surface area contributed by atoms with Crippen molar-refractivity contribution in [3.8, 4) is 0 Å². The van der Waals surface area contributed by atoms with E-state index in [9.17, 15) is 9.59 Å². The molecule has 0 aliphatic carbocycles. The molecule has 0 spiro atoms. The van der Waals surface area contributed by atoms with Crippen LogP contribution in [0.1, 0.15) is 36.1 Å². The highest BCUT2D eigenvalue weighted by molar-refractivity contribution is 6.04. The van der Waals surface area contributed by atoms with E-state index in [4.69, 9.17) is 0 Å². The number of nitrogens with one attached hydrogen (secondary N) is 2. The van der Waals surface area contributed by atoms with Crippen molar-refractivity contribution in [3.63, 3.8) is 0 Å². The Bertz CT molecular complexity index is 1130. The van der Waals surface area contributed by atoms with Crippen LogP contribution in [0.3, 0.4) is 0 Å². The van der Waals surface area contributed by atoms with Crippen LogP contribution in [0.5, 0.6) is 0 Å². The summed E-state index contributed by atoms with van der Waals surface area (Å²) in [5.41, 5.74) is 5.26. The molecular formula is C27H30N4O2. The van der Waals surface area contributed by atoms with Gasteiger partial charge in [0.15, 0.2) is 0 Å². The van der Waals surface area contributed by atoms with Gasteiger partial charge in [-0.25, -0.2) is 9.59 Å². The topological polar surface area (TPSA) is 64.7 Å². The van der Waals surface area contributed by atoms with E-state index in [2.05, 4.69) is 17.6 Å². The third kappa shape index (κ3) is 5.17. The van der Waals surface area contributed by atoms with Gasteiger partial charge in [-0.3, -0.25) is 4.90 Å². The quantitative estimate of drug-likeness (QED) is 0.484. The van der Waals surface area contributed by atoms with Crippen LogP contribution < -0.4 is 15.5 Å². The maximum atomic E-state index is 13.5. The fourth-order valence-corrected chi connectivity index (χ4v) is 4.15. The molecule has 0 bridgehead atoms. The number of aryl methyl sites for hydroxylation is 2. The predicted molar refractivity (Wildman–Crippen MR) is 134 cm³/mol. The summed E-state index contributed by atoms with van der Waals surface area (Å²) in [5.74, 6) is 0. The average Bonchev–Trinajstić information content (AvgIpc) is 2.81. The minimum atomic E-state index is -0.343.